The molecule has 0 spiro atoms. The molecule has 0 amide bonds. The smallest absolute Gasteiger partial charge is 0.276 e. The third-order valence-electron chi connectivity index (χ3n) is 6.19. The van der Waals surface area contributed by atoms with Gasteiger partial charge in [-0.3, -0.25) is 4.79 Å². The topological polar surface area (TPSA) is 102 Å². The molecule has 0 aliphatic rings. The molecule has 196 valence electrons. The molecule has 0 fully saturated rings. The van der Waals surface area contributed by atoms with Crippen LogP contribution in [-0.4, -0.2) is 47.1 Å². The van der Waals surface area contributed by atoms with E-state index in [9.17, 15) is 4.79 Å². The molecule has 0 saturated carbocycles. The van der Waals surface area contributed by atoms with E-state index in [1.54, 1.807) is 61.0 Å². The van der Waals surface area contributed by atoms with Gasteiger partial charge in [0, 0.05) is 23.5 Å². The Balaban J connectivity index is 1.45. The van der Waals surface area contributed by atoms with Crippen molar-refractivity contribution >= 4 is 5.52 Å². The lowest BCUT2D eigenvalue weighted by Gasteiger charge is -2.12. The van der Waals surface area contributed by atoms with Crippen molar-refractivity contribution in [3.63, 3.8) is 0 Å². The highest BCUT2D eigenvalue weighted by Crippen LogP contribution is 2.41. The predicted octanol–water partition coefficient (Wildman–Crippen LogP) is 4.60. The lowest BCUT2D eigenvalue weighted by atomic mass is 10.1. The number of hydrogen-bond acceptors (Lipinski definition) is 8. The Morgan fingerprint density at radius 3 is 2.26 bits per heavy atom. The third kappa shape index (κ3) is 4.56. The van der Waals surface area contributed by atoms with Crippen LogP contribution in [0.4, 0.5) is 0 Å². The normalized spacial score (nSPS) is 11.1. The number of rotatable bonds is 9. The number of fused-ring (bicyclic) bond motifs is 1. The van der Waals surface area contributed by atoms with Gasteiger partial charge in [0.1, 0.15) is 22.7 Å². The van der Waals surface area contributed by atoms with Gasteiger partial charge in [0.25, 0.3) is 5.56 Å². The molecule has 10 heteroatoms. The van der Waals surface area contributed by atoms with E-state index < -0.39 is 0 Å². The summed E-state index contributed by atoms with van der Waals surface area (Å²) in [5.74, 6) is 3.23. The summed E-state index contributed by atoms with van der Waals surface area (Å²) in [4.78, 5) is 18.0. The average Bonchev–Trinajstić information content (AvgIpc) is 3.54. The summed E-state index contributed by atoms with van der Waals surface area (Å²) in [7, 11) is 4.64. The van der Waals surface area contributed by atoms with Gasteiger partial charge in [-0.05, 0) is 56.3 Å². The van der Waals surface area contributed by atoms with Crippen LogP contribution in [0.2, 0.25) is 0 Å². The van der Waals surface area contributed by atoms with E-state index in [4.69, 9.17) is 23.4 Å². The van der Waals surface area contributed by atoms with Crippen molar-refractivity contribution in [3.05, 3.63) is 76.7 Å². The zero-order valence-corrected chi connectivity index (χ0v) is 21.8. The minimum Gasteiger partial charge on any atom is -0.494 e. The van der Waals surface area contributed by atoms with Crippen LogP contribution in [0, 0.1) is 6.92 Å². The van der Waals surface area contributed by atoms with Gasteiger partial charge in [0.2, 0.25) is 11.6 Å². The van der Waals surface area contributed by atoms with Crippen LogP contribution >= 0.6 is 0 Å². The Morgan fingerprint density at radius 2 is 1.63 bits per heavy atom. The maximum Gasteiger partial charge on any atom is 0.276 e. The molecule has 10 nitrogen and oxygen atoms in total. The zero-order valence-electron chi connectivity index (χ0n) is 21.8. The molecule has 5 aromatic rings. The number of hydrogen-bond donors (Lipinski definition) is 0. The van der Waals surface area contributed by atoms with E-state index in [1.807, 2.05) is 38.1 Å². The van der Waals surface area contributed by atoms with Crippen molar-refractivity contribution in [2.24, 2.45) is 0 Å². The Morgan fingerprint density at radius 1 is 0.921 bits per heavy atom. The molecule has 0 saturated heterocycles. The molecule has 0 aliphatic carbocycles. The SMILES string of the molecule is CCOc1ccc(-c2cc3c(=O)n(Cc4nc(-c5cc(OC)c(OC)c(OC)c5)oc4C)ccn3n2)cc1. The summed E-state index contributed by atoms with van der Waals surface area (Å²) >= 11 is 0. The fraction of sp³-hybridized carbons (Fsp3) is 0.250. The first-order valence-electron chi connectivity index (χ1n) is 12.0. The molecular weight excluding hydrogens is 488 g/mol. The van der Waals surface area contributed by atoms with Gasteiger partial charge in [-0.25, -0.2) is 9.50 Å². The van der Waals surface area contributed by atoms with E-state index in [0.717, 1.165) is 11.3 Å². The molecular formula is C28H28N4O6. The van der Waals surface area contributed by atoms with E-state index in [-0.39, 0.29) is 12.1 Å². The monoisotopic (exact) mass is 516 g/mol. The van der Waals surface area contributed by atoms with E-state index in [1.165, 1.54) is 0 Å². The number of methoxy groups -OCH3 is 3. The Hall–Kier alpha value is -4.73. The lowest BCUT2D eigenvalue weighted by molar-refractivity contribution is 0.324. The molecule has 0 N–H and O–H groups in total. The van der Waals surface area contributed by atoms with E-state index in [0.29, 0.717) is 58.0 Å². The Labute approximate surface area is 219 Å². The molecule has 3 heterocycles. The van der Waals surface area contributed by atoms with Crippen molar-refractivity contribution in [3.8, 4) is 45.7 Å². The summed E-state index contributed by atoms with van der Waals surface area (Å²) < 4.78 is 30.9. The van der Waals surface area contributed by atoms with Gasteiger partial charge >= 0.3 is 0 Å². The van der Waals surface area contributed by atoms with E-state index >= 15 is 0 Å². The number of ether oxygens (including phenoxy) is 4. The summed E-state index contributed by atoms with van der Waals surface area (Å²) in [6.07, 6.45) is 3.45. The van der Waals surface area contributed by atoms with Crippen LogP contribution in [0.1, 0.15) is 18.4 Å². The maximum atomic E-state index is 13.3. The summed E-state index contributed by atoms with van der Waals surface area (Å²) in [5, 5.41) is 4.57. The standard InChI is InChI=1S/C28H28N4O6/c1-6-37-20-9-7-18(8-10-20)21-15-23-28(33)31(11-12-32(23)30-21)16-22-17(2)38-27(29-22)19-13-24(34-3)26(36-5)25(14-19)35-4/h7-15H,6,16H2,1-5H3. The first-order valence-corrected chi connectivity index (χ1v) is 12.0. The zero-order chi connectivity index (χ0) is 26.8. The lowest BCUT2D eigenvalue weighted by Crippen LogP contribution is -2.22. The van der Waals surface area contributed by atoms with Crippen LogP contribution < -0.4 is 24.5 Å². The largest absolute Gasteiger partial charge is 0.494 e. The van der Waals surface area contributed by atoms with Crippen LogP contribution in [-0.2, 0) is 6.54 Å². The second-order valence-corrected chi connectivity index (χ2v) is 8.48. The van der Waals surface area contributed by atoms with Crippen LogP contribution in [0.25, 0.3) is 28.2 Å². The minimum absolute atomic E-state index is 0.186. The molecule has 2 aromatic carbocycles. The summed E-state index contributed by atoms with van der Waals surface area (Å²) in [6, 6.07) is 12.9. The fourth-order valence-corrected chi connectivity index (χ4v) is 4.24. The average molecular weight is 517 g/mol. The van der Waals surface area contributed by atoms with Crippen molar-refractivity contribution in [1.82, 2.24) is 19.2 Å². The first kappa shape index (κ1) is 24.9. The van der Waals surface area contributed by atoms with Crippen LogP contribution in [0.15, 0.2) is 64.1 Å². The van der Waals surface area contributed by atoms with Gasteiger partial charge < -0.3 is 27.9 Å². The molecule has 3 aromatic heterocycles. The van der Waals surface area contributed by atoms with Crippen LogP contribution in [0.5, 0.6) is 23.0 Å². The van der Waals surface area contributed by atoms with Crippen molar-refractivity contribution in [2.75, 3.05) is 27.9 Å². The molecule has 0 radical (unpaired) electrons. The number of nitrogens with zero attached hydrogens (tertiary/aromatic N) is 4. The minimum atomic E-state index is -0.186. The van der Waals surface area contributed by atoms with Crippen molar-refractivity contribution < 1.29 is 23.4 Å². The quantitative estimate of drug-likeness (QED) is 0.280. The second kappa shape index (κ2) is 10.3. The summed E-state index contributed by atoms with van der Waals surface area (Å²) in [6.45, 7) is 4.59. The van der Waals surface area contributed by atoms with Gasteiger partial charge in [-0.15, -0.1) is 0 Å². The van der Waals surface area contributed by atoms with Gasteiger partial charge in [-0.1, -0.05) is 0 Å². The number of benzene rings is 2. The van der Waals surface area contributed by atoms with Crippen LogP contribution in [0.3, 0.4) is 0 Å². The Kier molecular flexibility index (Phi) is 6.78. The molecule has 0 bridgehead atoms. The fourth-order valence-electron chi connectivity index (χ4n) is 4.24. The molecule has 38 heavy (non-hydrogen) atoms. The van der Waals surface area contributed by atoms with E-state index in [2.05, 4.69) is 10.1 Å². The summed E-state index contributed by atoms with van der Waals surface area (Å²) in [5.41, 5.74) is 3.16. The highest BCUT2D eigenvalue weighted by atomic mass is 16.5. The third-order valence-corrected chi connectivity index (χ3v) is 6.19. The second-order valence-electron chi connectivity index (χ2n) is 8.48. The molecule has 5 rings (SSSR count). The number of aryl methyl sites for hydroxylation is 1. The Bertz CT molecular complexity index is 1620. The first-order chi connectivity index (χ1) is 18.4. The van der Waals surface area contributed by atoms with Gasteiger partial charge in [-0.2, -0.15) is 5.10 Å². The number of oxazole rings is 1. The van der Waals surface area contributed by atoms with Crippen molar-refractivity contribution in [1.29, 1.82) is 0 Å². The van der Waals surface area contributed by atoms with Gasteiger partial charge in [0.05, 0.1) is 40.2 Å². The highest BCUT2D eigenvalue weighted by Gasteiger charge is 2.19. The maximum absolute atomic E-state index is 13.3. The van der Waals surface area contributed by atoms with Gasteiger partial charge in [0.15, 0.2) is 11.5 Å². The molecule has 0 aliphatic heterocycles. The molecule has 0 unspecified atom stereocenters. The predicted molar refractivity (Wildman–Crippen MR) is 141 cm³/mol. The highest BCUT2D eigenvalue weighted by molar-refractivity contribution is 5.67. The molecule has 0 atom stereocenters. The number of aromatic nitrogens is 4. The van der Waals surface area contributed by atoms with Crippen molar-refractivity contribution in [2.45, 2.75) is 20.4 Å².